The molecule has 0 aromatic rings. The van der Waals surface area contributed by atoms with Crippen LogP contribution in [0.15, 0.2) is 0 Å². The van der Waals surface area contributed by atoms with Crippen molar-refractivity contribution in [3.8, 4) is 0 Å². The maximum atomic E-state index is 11.4. The van der Waals surface area contributed by atoms with Gasteiger partial charge in [-0.3, -0.25) is 4.79 Å². The van der Waals surface area contributed by atoms with Gasteiger partial charge in [0, 0.05) is 6.42 Å². The zero-order valence-corrected chi connectivity index (χ0v) is 13.6. The average molecular weight is 316 g/mol. The van der Waals surface area contributed by atoms with Crippen LogP contribution >= 0.6 is 0 Å². The second-order valence-electron chi connectivity index (χ2n) is 7.13. The highest BCUT2D eigenvalue weighted by molar-refractivity contribution is 5.76. The number of rotatable bonds is 3. The highest BCUT2D eigenvalue weighted by Gasteiger charge is 2.67. The summed E-state index contributed by atoms with van der Waals surface area (Å²) in [6.45, 7) is 8.75. The molecule has 1 N–H and O–H groups in total. The molecule has 7 nitrogen and oxygen atoms in total. The molecule has 22 heavy (non-hydrogen) atoms. The van der Waals surface area contributed by atoms with Crippen molar-refractivity contribution in [2.45, 2.75) is 82.8 Å². The number of hydrogen-bond acceptors (Lipinski definition) is 7. The molecule has 0 radical (unpaired) electrons. The third-order valence-electron chi connectivity index (χ3n) is 4.15. The maximum absolute atomic E-state index is 11.4. The van der Waals surface area contributed by atoms with Crippen LogP contribution in [0.4, 0.5) is 0 Å². The van der Waals surface area contributed by atoms with Gasteiger partial charge in [-0.15, -0.1) is 0 Å². The van der Waals surface area contributed by atoms with E-state index in [0.29, 0.717) is 0 Å². The van der Waals surface area contributed by atoms with Crippen molar-refractivity contribution < 1.29 is 33.6 Å². The number of ether oxygens (including phenoxy) is 5. The fourth-order valence-electron chi connectivity index (χ4n) is 3.49. The Kier molecular flexibility index (Phi) is 3.67. The summed E-state index contributed by atoms with van der Waals surface area (Å²) >= 11 is 0. The fraction of sp³-hybridized carbons (Fsp3) is 0.933. The SMILES string of the molecule is CC(=O)C[C@@H](O)[C@]12OC[C@H]3OC(C)(C)O[C@H]3[C@H]1OC(C)(C)O2. The van der Waals surface area contributed by atoms with Crippen molar-refractivity contribution in [1.82, 2.24) is 0 Å². The summed E-state index contributed by atoms with van der Waals surface area (Å²) in [5, 5.41) is 10.5. The van der Waals surface area contributed by atoms with Gasteiger partial charge in [0.15, 0.2) is 11.6 Å². The Morgan fingerprint density at radius 1 is 1.18 bits per heavy atom. The lowest BCUT2D eigenvalue weighted by atomic mass is 9.90. The Hall–Kier alpha value is -0.570. The molecule has 3 rings (SSSR count). The largest absolute Gasteiger partial charge is 0.387 e. The zero-order valence-electron chi connectivity index (χ0n) is 13.6. The molecule has 7 heteroatoms. The minimum atomic E-state index is -1.42. The maximum Gasteiger partial charge on any atom is 0.227 e. The van der Waals surface area contributed by atoms with Crippen LogP contribution < -0.4 is 0 Å². The number of hydrogen-bond donors (Lipinski definition) is 1. The third-order valence-corrected chi connectivity index (χ3v) is 4.15. The van der Waals surface area contributed by atoms with Crippen LogP contribution in [-0.2, 0) is 28.5 Å². The van der Waals surface area contributed by atoms with Crippen molar-refractivity contribution in [3.63, 3.8) is 0 Å². The van der Waals surface area contributed by atoms with Gasteiger partial charge in [-0.2, -0.15) is 0 Å². The van der Waals surface area contributed by atoms with Crippen LogP contribution in [0, 0.1) is 0 Å². The number of fused-ring (bicyclic) bond motifs is 3. The van der Waals surface area contributed by atoms with E-state index in [-0.39, 0.29) is 24.9 Å². The molecule has 3 aliphatic rings. The van der Waals surface area contributed by atoms with Gasteiger partial charge in [0.2, 0.25) is 5.79 Å². The van der Waals surface area contributed by atoms with Crippen LogP contribution in [0.25, 0.3) is 0 Å². The van der Waals surface area contributed by atoms with E-state index >= 15 is 0 Å². The van der Waals surface area contributed by atoms with Crippen molar-refractivity contribution >= 4 is 5.78 Å². The summed E-state index contributed by atoms with van der Waals surface area (Å²) in [7, 11) is 0. The minimum absolute atomic E-state index is 0.0718. The van der Waals surface area contributed by atoms with Crippen LogP contribution in [-0.4, -0.2) is 59.3 Å². The van der Waals surface area contributed by atoms with Crippen LogP contribution in [0.1, 0.15) is 41.0 Å². The molecule has 3 heterocycles. The topological polar surface area (TPSA) is 83.5 Å². The zero-order chi connectivity index (χ0) is 16.3. The van der Waals surface area contributed by atoms with E-state index in [1.54, 1.807) is 13.8 Å². The number of ketones is 1. The monoisotopic (exact) mass is 316 g/mol. The van der Waals surface area contributed by atoms with Crippen molar-refractivity contribution in [2.24, 2.45) is 0 Å². The highest BCUT2D eigenvalue weighted by atomic mass is 16.9. The van der Waals surface area contributed by atoms with Crippen LogP contribution in [0.5, 0.6) is 0 Å². The first-order valence-corrected chi connectivity index (χ1v) is 7.60. The summed E-state index contributed by atoms with van der Waals surface area (Å²) in [5.74, 6) is -3.27. The number of aliphatic hydroxyl groups excluding tert-OH is 1. The molecule has 0 aliphatic carbocycles. The summed E-state index contributed by atoms with van der Waals surface area (Å²) < 4.78 is 29.4. The Morgan fingerprint density at radius 3 is 2.50 bits per heavy atom. The van der Waals surface area contributed by atoms with Crippen LogP contribution in [0.3, 0.4) is 0 Å². The first-order chi connectivity index (χ1) is 10.0. The van der Waals surface area contributed by atoms with Crippen LogP contribution in [0.2, 0.25) is 0 Å². The molecule has 5 atom stereocenters. The van der Waals surface area contributed by atoms with Crippen molar-refractivity contribution in [1.29, 1.82) is 0 Å². The predicted molar refractivity (Wildman–Crippen MR) is 73.8 cm³/mol. The van der Waals surface area contributed by atoms with Crippen molar-refractivity contribution in [3.05, 3.63) is 0 Å². The standard InChI is InChI=1S/C15H24O7/c1-8(16)6-10(17)15-12(21-14(4,5)22-15)11-9(7-18-15)19-13(2,3)20-11/h9-12,17H,6-7H2,1-5H3/t9-,10-,11-,12-,15-/m1/s1. The van der Waals surface area contributed by atoms with Gasteiger partial charge in [-0.25, -0.2) is 0 Å². The van der Waals surface area contributed by atoms with E-state index in [1.807, 2.05) is 13.8 Å². The lowest BCUT2D eigenvalue weighted by Crippen LogP contribution is -2.63. The molecule has 3 aliphatic heterocycles. The second kappa shape index (κ2) is 4.96. The lowest BCUT2D eigenvalue weighted by molar-refractivity contribution is -0.317. The Morgan fingerprint density at radius 2 is 1.86 bits per heavy atom. The molecular weight excluding hydrogens is 292 g/mol. The summed E-state index contributed by atoms with van der Waals surface area (Å²) in [5.41, 5.74) is 0. The molecule has 0 aromatic carbocycles. The normalized spacial score (nSPS) is 43.5. The first kappa shape index (κ1) is 16.3. The van der Waals surface area contributed by atoms with Gasteiger partial charge in [0.05, 0.1) is 6.61 Å². The van der Waals surface area contributed by atoms with Crippen molar-refractivity contribution in [2.75, 3.05) is 6.61 Å². The highest BCUT2D eigenvalue weighted by Crippen LogP contribution is 2.49. The molecule has 126 valence electrons. The molecule has 3 saturated heterocycles. The molecule has 0 spiro atoms. The Bertz CT molecular complexity index is 475. The van der Waals surface area contributed by atoms with E-state index in [1.165, 1.54) is 6.92 Å². The Labute approximate surface area is 129 Å². The van der Waals surface area contributed by atoms with Gasteiger partial charge in [-0.05, 0) is 34.6 Å². The van der Waals surface area contributed by atoms with Gasteiger partial charge in [-0.1, -0.05) is 0 Å². The summed E-state index contributed by atoms with van der Waals surface area (Å²) in [6.07, 6.45) is -2.60. The average Bonchev–Trinajstić information content (AvgIpc) is 2.80. The summed E-state index contributed by atoms with van der Waals surface area (Å²) in [4.78, 5) is 11.4. The van der Waals surface area contributed by atoms with Gasteiger partial charge < -0.3 is 28.8 Å². The van der Waals surface area contributed by atoms with E-state index < -0.39 is 35.7 Å². The molecular formula is C15H24O7. The third kappa shape index (κ3) is 2.60. The quantitative estimate of drug-likeness (QED) is 0.821. The fourth-order valence-corrected chi connectivity index (χ4v) is 3.49. The number of Topliss-reactive ketones (excluding diaryl/α,β-unsaturated/α-hetero) is 1. The lowest BCUT2D eigenvalue weighted by Gasteiger charge is -2.43. The molecule has 0 unspecified atom stereocenters. The molecule has 0 amide bonds. The second-order valence-corrected chi connectivity index (χ2v) is 7.13. The Balaban J connectivity index is 1.92. The molecule has 0 bridgehead atoms. The number of aliphatic hydroxyl groups is 1. The molecule has 0 saturated carbocycles. The van der Waals surface area contributed by atoms with Gasteiger partial charge >= 0.3 is 0 Å². The minimum Gasteiger partial charge on any atom is -0.387 e. The predicted octanol–water partition coefficient (Wildman–Crippen LogP) is 0.724. The van der Waals surface area contributed by atoms with Gasteiger partial charge in [0.1, 0.15) is 30.2 Å². The molecule has 0 aromatic heterocycles. The van der Waals surface area contributed by atoms with E-state index in [9.17, 15) is 9.90 Å². The summed E-state index contributed by atoms with van der Waals surface area (Å²) in [6, 6.07) is 0. The van der Waals surface area contributed by atoms with Gasteiger partial charge in [0.25, 0.3) is 0 Å². The van der Waals surface area contributed by atoms with E-state index in [2.05, 4.69) is 0 Å². The molecule has 3 fully saturated rings. The number of carbonyl (C=O) groups is 1. The first-order valence-electron chi connectivity index (χ1n) is 7.60. The smallest absolute Gasteiger partial charge is 0.227 e. The number of carbonyl (C=O) groups excluding carboxylic acids is 1. The van der Waals surface area contributed by atoms with E-state index in [0.717, 1.165) is 0 Å². The van der Waals surface area contributed by atoms with E-state index in [4.69, 9.17) is 23.7 Å².